The zero-order valence-corrected chi connectivity index (χ0v) is 17.1. The van der Waals surface area contributed by atoms with Gasteiger partial charge in [0.15, 0.2) is 11.5 Å². The van der Waals surface area contributed by atoms with Gasteiger partial charge in [-0.1, -0.05) is 13.8 Å². The maximum absolute atomic E-state index is 12.5. The predicted octanol–water partition coefficient (Wildman–Crippen LogP) is 5.14. The van der Waals surface area contributed by atoms with Crippen LogP contribution < -0.4 is 19.5 Å². The number of ether oxygens (including phenoxy) is 3. The van der Waals surface area contributed by atoms with E-state index in [-0.39, 0.29) is 5.91 Å². The van der Waals surface area contributed by atoms with E-state index >= 15 is 0 Å². The number of benzene rings is 2. The van der Waals surface area contributed by atoms with Crippen LogP contribution in [-0.4, -0.2) is 26.7 Å². The first-order chi connectivity index (χ1) is 12.4. The molecular weight excluding hydrogens is 398 g/mol. The monoisotopic (exact) mass is 421 g/mol. The second-order valence-electron chi connectivity index (χ2n) is 6.20. The van der Waals surface area contributed by atoms with Gasteiger partial charge in [-0.15, -0.1) is 0 Å². The third-order valence-electron chi connectivity index (χ3n) is 3.79. The molecule has 0 aromatic heterocycles. The summed E-state index contributed by atoms with van der Waals surface area (Å²) in [6, 6.07) is 10.5. The summed E-state index contributed by atoms with van der Waals surface area (Å²) in [5.41, 5.74) is 1.16. The fourth-order valence-corrected chi connectivity index (χ4v) is 2.77. The molecule has 0 bridgehead atoms. The highest BCUT2D eigenvalue weighted by Crippen LogP contribution is 2.30. The van der Waals surface area contributed by atoms with E-state index in [0.717, 1.165) is 16.6 Å². The molecular formula is C20H24BrNO4. The minimum Gasteiger partial charge on any atom is -0.493 e. The van der Waals surface area contributed by atoms with E-state index in [1.54, 1.807) is 50.6 Å². The van der Waals surface area contributed by atoms with Gasteiger partial charge in [0.2, 0.25) is 0 Å². The first-order valence-corrected chi connectivity index (χ1v) is 9.19. The Hall–Kier alpha value is -2.21. The molecule has 0 heterocycles. The van der Waals surface area contributed by atoms with E-state index in [0.29, 0.717) is 35.3 Å². The van der Waals surface area contributed by atoms with Crippen LogP contribution in [0.15, 0.2) is 40.9 Å². The Bertz CT molecular complexity index is 761. The summed E-state index contributed by atoms with van der Waals surface area (Å²) in [5, 5.41) is 2.85. The SMILES string of the molecule is COc1ccc(NC(=O)c2ccc(OCCC(C)C)c(Br)c2)cc1OC. The van der Waals surface area contributed by atoms with E-state index in [2.05, 4.69) is 35.1 Å². The lowest BCUT2D eigenvalue weighted by Gasteiger charge is -2.12. The smallest absolute Gasteiger partial charge is 0.255 e. The van der Waals surface area contributed by atoms with Crippen LogP contribution in [0.1, 0.15) is 30.6 Å². The number of hydrogen-bond donors (Lipinski definition) is 1. The number of carbonyl (C=O) groups is 1. The standard InChI is InChI=1S/C20H24BrNO4/c1-13(2)9-10-26-17-7-5-14(11-16(17)21)20(23)22-15-6-8-18(24-3)19(12-15)25-4/h5-8,11-13H,9-10H2,1-4H3,(H,22,23). The van der Waals surface area contributed by atoms with Crippen molar-refractivity contribution in [2.75, 3.05) is 26.1 Å². The number of halogens is 1. The van der Waals surface area contributed by atoms with Gasteiger partial charge >= 0.3 is 0 Å². The normalized spacial score (nSPS) is 10.5. The zero-order chi connectivity index (χ0) is 19.1. The molecule has 0 saturated carbocycles. The molecule has 0 aliphatic rings. The minimum absolute atomic E-state index is 0.216. The summed E-state index contributed by atoms with van der Waals surface area (Å²) in [5.74, 6) is 2.26. The van der Waals surface area contributed by atoms with Gasteiger partial charge in [-0.25, -0.2) is 0 Å². The summed E-state index contributed by atoms with van der Waals surface area (Å²) >= 11 is 3.47. The average Bonchev–Trinajstić information content (AvgIpc) is 2.62. The highest BCUT2D eigenvalue weighted by Gasteiger charge is 2.12. The molecule has 0 atom stereocenters. The lowest BCUT2D eigenvalue weighted by Crippen LogP contribution is -2.12. The number of methoxy groups -OCH3 is 2. The summed E-state index contributed by atoms with van der Waals surface area (Å²) in [6.07, 6.45) is 0.980. The van der Waals surface area contributed by atoms with Crippen molar-refractivity contribution in [2.24, 2.45) is 5.92 Å². The van der Waals surface area contributed by atoms with Crippen LogP contribution in [0, 0.1) is 5.92 Å². The Morgan fingerprint density at radius 3 is 2.35 bits per heavy atom. The molecule has 0 aliphatic heterocycles. The number of anilines is 1. The number of amides is 1. The van der Waals surface area contributed by atoms with Gasteiger partial charge in [0.05, 0.1) is 25.3 Å². The summed E-state index contributed by atoms with van der Waals surface area (Å²) in [7, 11) is 3.12. The molecule has 2 aromatic carbocycles. The van der Waals surface area contributed by atoms with Crippen LogP contribution in [0.3, 0.4) is 0 Å². The second kappa shape index (κ2) is 9.48. The van der Waals surface area contributed by atoms with Crippen LogP contribution in [-0.2, 0) is 0 Å². The van der Waals surface area contributed by atoms with Gasteiger partial charge in [-0.2, -0.15) is 0 Å². The van der Waals surface area contributed by atoms with Crippen molar-refractivity contribution in [3.63, 3.8) is 0 Å². The Kier molecular flexibility index (Phi) is 7.33. The molecule has 0 aliphatic carbocycles. The van der Waals surface area contributed by atoms with Gasteiger partial charge in [-0.05, 0) is 58.6 Å². The third-order valence-corrected chi connectivity index (χ3v) is 4.41. The quantitative estimate of drug-likeness (QED) is 0.640. The lowest BCUT2D eigenvalue weighted by atomic mass is 10.1. The molecule has 0 radical (unpaired) electrons. The third kappa shape index (κ3) is 5.39. The first-order valence-electron chi connectivity index (χ1n) is 8.40. The van der Waals surface area contributed by atoms with Crippen molar-refractivity contribution in [1.29, 1.82) is 0 Å². The van der Waals surface area contributed by atoms with E-state index in [1.807, 2.05) is 0 Å². The van der Waals surface area contributed by atoms with Crippen molar-refractivity contribution in [3.8, 4) is 17.2 Å². The lowest BCUT2D eigenvalue weighted by molar-refractivity contribution is 0.102. The van der Waals surface area contributed by atoms with Crippen LogP contribution in [0.5, 0.6) is 17.2 Å². The number of nitrogens with one attached hydrogen (secondary N) is 1. The van der Waals surface area contributed by atoms with Gasteiger partial charge in [0, 0.05) is 17.3 Å². The number of hydrogen-bond acceptors (Lipinski definition) is 4. The fourth-order valence-electron chi connectivity index (χ4n) is 2.28. The Labute approximate surface area is 162 Å². The van der Waals surface area contributed by atoms with Crippen molar-refractivity contribution in [2.45, 2.75) is 20.3 Å². The van der Waals surface area contributed by atoms with Crippen molar-refractivity contribution in [3.05, 3.63) is 46.4 Å². The van der Waals surface area contributed by atoms with Crippen molar-refractivity contribution in [1.82, 2.24) is 0 Å². The van der Waals surface area contributed by atoms with Gasteiger partial charge in [-0.3, -0.25) is 4.79 Å². The maximum Gasteiger partial charge on any atom is 0.255 e. The summed E-state index contributed by atoms with van der Waals surface area (Å²) < 4.78 is 17.0. The molecule has 0 fully saturated rings. The van der Waals surface area contributed by atoms with Crippen molar-refractivity contribution >= 4 is 27.5 Å². The highest BCUT2D eigenvalue weighted by molar-refractivity contribution is 9.10. The molecule has 140 valence electrons. The summed E-state index contributed by atoms with van der Waals surface area (Å²) in [4.78, 5) is 12.5. The first kappa shape index (κ1) is 20.1. The Morgan fingerprint density at radius 2 is 1.73 bits per heavy atom. The van der Waals surface area contributed by atoms with Gasteiger partial charge in [0.1, 0.15) is 5.75 Å². The molecule has 1 N–H and O–H groups in total. The van der Waals surface area contributed by atoms with E-state index in [1.165, 1.54) is 0 Å². The van der Waals surface area contributed by atoms with Crippen LogP contribution >= 0.6 is 15.9 Å². The van der Waals surface area contributed by atoms with E-state index in [4.69, 9.17) is 14.2 Å². The number of carbonyl (C=O) groups excluding carboxylic acids is 1. The molecule has 5 nitrogen and oxygen atoms in total. The van der Waals surface area contributed by atoms with Crippen LogP contribution in [0.2, 0.25) is 0 Å². The maximum atomic E-state index is 12.5. The summed E-state index contributed by atoms with van der Waals surface area (Å²) in [6.45, 7) is 4.95. The predicted molar refractivity (Wildman–Crippen MR) is 107 cm³/mol. The molecule has 1 amide bonds. The topological polar surface area (TPSA) is 56.8 Å². The largest absolute Gasteiger partial charge is 0.493 e. The molecule has 2 aromatic rings. The zero-order valence-electron chi connectivity index (χ0n) is 15.5. The number of rotatable bonds is 8. The van der Waals surface area contributed by atoms with Crippen LogP contribution in [0.4, 0.5) is 5.69 Å². The molecule has 2 rings (SSSR count). The molecule has 0 unspecified atom stereocenters. The average molecular weight is 422 g/mol. The Balaban J connectivity index is 2.06. The molecule has 6 heteroatoms. The second-order valence-corrected chi connectivity index (χ2v) is 7.05. The fraction of sp³-hybridized carbons (Fsp3) is 0.350. The van der Waals surface area contributed by atoms with E-state index in [9.17, 15) is 4.79 Å². The molecule has 0 saturated heterocycles. The minimum atomic E-state index is -0.216. The highest BCUT2D eigenvalue weighted by atomic mass is 79.9. The van der Waals surface area contributed by atoms with Gasteiger partial charge < -0.3 is 19.5 Å². The van der Waals surface area contributed by atoms with Crippen molar-refractivity contribution < 1.29 is 19.0 Å². The van der Waals surface area contributed by atoms with E-state index < -0.39 is 0 Å². The molecule has 0 spiro atoms. The molecule has 26 heavy (non-hydrogen) atoms. The van der Waals surface area contributed by atoms with Gasteiger partial charge in [0.25, 0.3) is 5.91 Å². The Morgan fingerprint density at radius 1 is 1.04 bits per heavy atom. The van der Waals surface area contributed by atoms with Crippen LogP contribution in [0.25, 0.3) is 0 Å².